The van der Waals surface area contributed by atoms with Crippen molar-refractivity contribution in [3.8, 4) is 0 Å². The summed E-state index contributed by atoms with van der Waals surface area (Å²) in [7, 11) is 1.71. The van der Waals surface area contributed by atoms with E-state index in [1.165, 1.54) is 32.1 Å². The van der Waals surface area contributed by atoms with Crippen LogP contribution in [0.4, 0.5) is 0 Å². The molecule has 0 amide bonds. The summed E-state index contributed by atoms with van der Waals surface area (Å²) in [5.41, 5.74) is 5.66. The van der Waals surface area contributed by atoms with Crippen LogP contribution in [0.1, 0.15) is 65.2 Å². The lowest BCUT2D eigenvalue weighted by Crippen LogP contribution is -2.46. The summed E-state index contributed by atoms with van der Waals surface area (Å²) in [5.74, 6) is 0. The molecule has 1 saturated carbocycles. The lowest BCUT2D eigenvalue weighted by molar-refractivity contribution is -0.0671. The molecule has 1 aliphatic rings. The van der Waals surface area contributed by atoms with Gasteiger partial charge < -0.3 is 15.6 Å². The maximum absolute atomic E-state index is 10.6. The van der Waals surface area contributed by atoms with Gasteiger partial charge in [0.1, 0.15) is 0 Å². The summed E-state index contributed by atoms with van der Waals surface area (Å²) in [5, 5.41) is 10.6. The minimum atomic E-state index is -0.351. The predicted molar refractivity (Wildman–Crippen MR) is 75.5 cm³/mol. The van der Waals surface area contributed by atoms with Crippen LogP contribution in [0.2, 0.25) is 0 Å². The van der Waals surface area contributed by atoms with Gasteiger partial charge >= 0.3 is 0 Å². The van der Waals surface area contributed by atoms with Gasteiger partial charge in [0.05, 0.1) is 11.7 Å². The topological polar surface area (TPSA) is 55.5 Å². The number of aliphatic hydroxyl groups is 1. The molecule has 1 atom stereocenters. The Morgan fingerprint density at radius 2 is 1.67 bits per heavy atom. The highest BCUT2D eigenvalue weighted by atomic mass is 16.5. The molecule has 1 unspecified atom stereocenters. The number of aliphatic hydroxyl groups excluding tert-OH is 1. The molecule has 0 aromatic heterocycles. The molecule has 3 heteroatoms. The van der Waals surface area contributed by atoms with Crippen LogP contribution in [-0.4, -0.2) is 30.5 Å². The molecule has 18 heavy (non-hydrogen) atoms. The van der Waals surface area contributed by atoms with Gasteiger partial charge in [-0.05, 0) is 26.7 Å². The quantitative estimate of drug-likeness (QED) is 0.796. The smallest absolute Gasteiger partial charge is 0.0647 e. The first-order valence-electron chi connectivity index (χ1n) is 7.39. The van der Waals surface area contributed by atoms with E-state index in [1.807, 2.05) is 13.8 Å². The van der Waals surface area contributed by atoms with E-state index >= 15 is 0 Å². The van der Waals surface area contributed by atoms with Crippen LogP contribution < -0.4 is 5.73 Å². The van der Waals surface area contributed by atoms with Crippen molar-refractivity contribution >= 4 is 0 Å². The van der Waals surface area contributed by atoms with Crippen LogP contribution in [-0.2, 0) is 4.74 Å². The van der Waals surface area contributed by atoms with Crippen LogP contribution in [0.3, 0.4) is 0 Å². The highest BCUT2D eigenvalue weighted by molar-refractivity contribution is 4.91. The average Bonchev–Trinajstić information content (AvgIpc) is 2.29. The van der Waals surface area contributed by atoms with Crippen LogP contribution >= 0.6 is 0 Å². The molecule has 0 radical (unpaired) electrons. The number of hydrogen-bond donors (Lipinski definition) is 2. The first-order chi connectivity index (χ1) is 8.46. The third kappa shape index (κ3) is 4.22. The van der Waals surface area contributed by atoms with Crippen molar-refractivity contribution in [1.29, 1.82) is 0 Å². The molecule has 0 aromatic rings. The summed E-state index contributed by atoms with van der Waals surface area (Å²) >= 11 is 0. The SMILES string of the molecule is COC(C)(C)CC(O)C1(CN)CCCCCCC1. The number of ether oxygens (including phenoxy) is 1. The van der Waals surface area contributed by atoms with E-state index in [-0.39, 0.29) is 17.1 Å². The van der Waals surface area contributed by atoms with E-state index in [2.05, 4.69) is 0 Å². The van der Waals surface area contributed by atoms with E-state index in [0.29, 0.717) is 13.0 Å². The van der Waals surface area contributed by atoms with Crippen LogP contribution in [0, 0.1) is 5.41 Å². The number of hydrogen-bond acceptors (Lipinski definition) is 3. The Morgan fingerprint density at radius 3 is 2.11 bits per heavy atom. The lowest BCUT2D eigenvalue weighted by atomic mass is 9.70. The van der Waals surface area contributed by atoms with E-state index in [9.17, 15) is 5.11 Å². The Kier molecular flexibility index (Phi) is 6.09. The number of rotatable bonds is 5. The van der Waals surface area contributed by atoms with Gasteiger partial charge in [-0.3, -0.25) is 0 Å². The monoisotopic (exact) mass is 257 g/mol. The maximum atomic E-state index is 10.6. The zero-order valence-corrected chi connectivity index (χ0v) is 12.4. The van der Waals surface area contributed by atoms with E-state index < -0.39 is 0 Å². The minimum Gasteiger partial charge on any atom is -0.392 e. The molecule has 3 N–H and O–H groups in total. The zero-order valence-electron chi connectivity index (χ0n) is 12.4. The van der Waals surface area contributed by atoms with Crippen molar-refractivity contribution < 1.29 is 9.84 Å². The molecular formula is C15H31NO2. The fourth-order valence-corrected chi connectivity index (χ4v) is 3.05. The number of nitrogens with two attached hydrogens (primary N) is 1. The summed E-state index contributed by atoms with van der Waals surface area (Å²) in [6, 6.07) is 0. The van der Waals surface area contributed by atoms with E-state index in [4.69, 9.17) is 10.5 Å². The molecule has 3 nitrogen and oxygen atoms in total. The first-order valence-corrected chi connectivity index (χ1v) is 7.39. The molecule has 0 aliphatic heterocycles. The average molecular weight is 257 g/mol. The van der Waals surface area contributed by atoms with E-state index in [1.54, 1.807) is 7.11 Å². The van der Waals surface area contributed by atoms with Gasteiger partial charge in [0.2, 0.25) is 0 Å². The molecule has 0 spiro atoms. The minimum absolute atomic E-state index is 0.0871. The third-order valence-corrected chi connectivity index (χ3v) is 4.70. The van der Waals surface area contributed by atoms with Gasteiger partial charge in [-0.2, -0.15) is 0 Å². The highest BCUT2D eigenvalue weighted by Gasteiger charge is 2.39. The third-order valence-electron chi connectivity index (χ3n) is 4.70. The van der Waals surface area contributed by atoms with Crippen LogP contribution in [0.15, 0.2) is 0 Å². The highest BCUT2D eigenvalue weighted by Crippen LogP contribution is 2.39. The standard InChI is InChI=1S/C15H31NO2/c1-14(2,18-3)11-13(17)15(12-16)9-7-5-4-6-8-10-15/h13,17H,4-12,16H2,1-3H3. The molecule has 1 aliphatic carbocycles. The van der Waals surface area contributed by atoms with Gasteiger partial charge in [-0.15, -0.1) is 0 Å². The van der Waals surface area contributed by atoms with Crippen LogP contribution in [0.5, 0.6) is 0 Å². The summed E-state index contributed by atoms with van der Waals surface area (Å²) in [6.07, 6.45) is 8.72. The fraction of sp³-hybridized carbons (Fsp3) is 1.00. The Balaban J connectivity index is 2.71. The Hall–Kier alpha value is -0.120. The summed E-state index contributed by atoms with van der Waals surface area (Å²) < 4.78 is 5.44. The molecular weight excluding hydrogens is 226 g/mol. The van der Waals surface area contributed by atoms with Crippen molar-refractivity contribution in [1.82, 2.24) is 0 Å². The van der Waals surface area contributed by atoms with E-state index in [0.717, 1.165) is 12.8 Å². The van der Waals surface area contributed by atoms with Gasteiger partial charge in [0.15, 0.2) is 0 Å². The van der Waals surface area contributed by atoms with Gasteiger partial charge in [0, 0.05) is 25.5 Å². The second-order valence-corrected chi connectivity index (χ2v) is 6.52. The molecule has 0 saturated heterocycles. The molecule has 1 rings (SSSR count). The largest absolute Gasteiger partial charge is 0.392 e. The molecule has 108 valence electrons. The van der Waals surface area contributed by atoms with Gasteiger partial charge in [-0.1, -0.05) is 32.1 Å². The number of methoxy groups -OCH3 is 1. The molecule has 0 aromatic carbocycles. The van der Waals surface area contributed by atoms with Gasteiger partial charge in [0.25, 0.3) is 0 Å². The molecule has 0 bridgehead atoms. The Labute approximate surface area is 112 Å². The molecule has 1 fully saturated rings. The van der Waals surface area contributed by atoms with Gasteiger partial charge in [-0.25, -0.2) is 0 Å². The Morgan fingerprint density at radius 1 is 1.17 bits per heavy atom. The molecule has 0 heterocycles. The van der Waals surface area contributed by atoms with Crippen LogP contribution in [0.25, 0.3) is 0 Å². The van der Waals surface area contributed by atoms with Crippen molar-refractivity contribution in [2.45, 2.75) is 76.9 Å². The maximum Gasteiger partial charge on any atom is 0.0647 e. The van der Waals surface area contributed by atoms with Crippen molar-refractivity contribution in [3.63, 3.8) is 0 Å². The normalized spacial score (nSPS) is 23.2. The lowest BCUT2D eigenvalue weighted by Gasteiger charge is -2.41. The summed E-state index contributed by atoms with van der Waals surface area (Å²) in [6.45, 7) is 4.65. The summed E-state index contributed by atoms with van der Waals surface area (Å²) in [4.78, 5) is 0. The second kappa shape index (κ2) is 6.88. The zero-order chi connectivity index (χ0) is 13.6. The predicted octanol–water partition coefficient (Wildman–Crippen LogP) is 2.85. The first kappa shape index (κ1) is 15.9. The second-order valence-electron chi connectivity index (χ2n) is 6.52. The fourth-order valence-electron chi connectivity index (χ4n) is 3.05. The van der Waals surface area contributed by atoms with Crippen molar-refractivity contribution in [3.05, 3.63) is 0 Å². The van der Waals surface area contributed by atoms with Crippen molar-refractivity contribution in [2.24, 2.45) is 11.1 Å². The van der Waals surface area contributed by atoms with Crippen molar-refractivity contribution in [2.75, 3.05) is 13.7 Å². The Bertz CT molecular complexity index is 233.